The number of nitrogens with one attached hydrogen (secondary N) is 2. The van der Waals surface area contributed by atoms with Crippen LogP contribution in [0.15, 0.2) is 59.7 Å². The van der Waals surface area contributed by atoms with E-state index in [-0.39, 0.29) is 17.7 Å². The Morgan fingerprint density at radius 3 is 2.55 bits per heavy atom. The molecule has 3 N–H and O–H groups in total. The van der Waals surface area contributed by atoms with Crippen molar-refractivity contribution in [1.82, 2.24) is 5.43 Å². The summed E-state index contributed by atoms with van der Waals surface area (Å²) < 4.78 is 0. The third kappa shape index (κ3) is 4.34. The lowest BCUT2D eigenvalue weighted by molar-refractivity contribution is -0.121. The molecule has 2 rings (SSSR count). The molecule has 5 nitrogen and oxygen atoms in total. The molecule has 1 atom stereocenters. The first kappa shape index (κ1) is 15.6. The van der Waals surface area contributed by atoms with Crippen LogP contribution in [0.1, 0.15) is 18.9 Å². The van der Waals surface area contributed by atoms with Crippen molar-refractivity contribution in [3.05, 3.63) is 60.2 Å². The standard InChI is InChI=1S/C17H19N3O2/c1-2-15(19-14-9-4-3-5-10-14)17(22)20-18-12-13-8-6-7-11-16(13)21/h3-12,15,19,21H,2H2,1H3,(H,20,22)/b18-12-/t15-/m1/s1. The van der Waals surface area contributed by atoms with Crippen molar-refractivity contribution in [2.24, 2.45) is 5.10 Å². The van der Waals surface area contributed by atoms with E-state index in [0.717, 1.165) is 5.69 Å². The smallest absolute Gasteiger partial charge is 0.262 e. The zero-order valence-electron chi connectivity index (χ0n) is 12.4. The van der Waals surface area contributed by atoms with Gasteiger partial charge in [0, 0.05) is 11.3 Å². The predicted octanol–water partition coefficient (Wildman–Crippen LogP) is 2.73. The van der Waals surface area contributed by atoms with Crippen LogP contribution in [0.25, 0.3) is 0 Å². The van der Waals surface area contributed by atoms with Gasteiger partial charge in [-0.2, -0.15) is 5.10 Å². The molecule has 2 aromatic carbocycles. The van der Waals surface area contributed by atoms with Gasteiger partial charge < -0.3 is 10.4 Å². The normalized spacial score (nSPS) is 12.0. The first-order valence-corrected chi connectivity index (χ1v) is 7.13. The molecule has 5 heteroatoms. The van der Waals surface area contributed by atoms with Gasteiger partial charge in [-0.3, -0.25) is 4.79 Å². The van der Waals surface area contributed by atoms with Crippen LogP contribution in [-0.2, 0) is 4.79 Å². The third-order valence-electron chi connectivity index (χ3n) is 3.15. The van der Waals surface area contributed by atoms with Crippen LogP contribution in [0.2, 0.25) is 0 Å². The number of hydrazone groups is 1. The van der Waals surface area contributed by atoms with Crippen molar-refractivity contribution in [2.75, 3.05) is 5.32 Å². The zero-order chi connectivity index (χ0) is 15.8. The van der Waals surface area contributed by atoms with E-state index in [9.17, 15) is 9.90 Å². The summed E-state index contributed by atoms with van der Waals surface area (Å²) in [4.78, 5) is 12.1. The van der Waals surface area contributed by atoms with Crippen LogP contribution >= 0.6 is 0 Å². The summed E-state index contributed by atoms with van der Waals surface area (Å²) in [5.41, 5.74) is 3.92. The molecule has 0 unspecified atom stereocenters. The van der Waals surface area contributed by atoms with Gasteiger partial charge in [-0.05, 0) is 30.7 Å². The molecule has 114 valence electrons. The minimum atomic E-state index is -0.371. The number of benzene rings is 2. The summed E-state index contributed by atoms with van der Waals surface area (Å²) in [6.45, 7) is 1.92. The Hall–Kier alpha value is -2.82. The average Bonchev–Trinajstić information content (AvgIpc) is 2.55. The lowest BCUT2D eigenvalue weighted by Crippen LogP contribution is -2.36. The van der Waals surface area contributed by atoms with Gasteiger partial charge in [-0.15, -0.1) is 0 Å². The van der Waals surface area contributed by atoms with Gasteiger partial charge in [0.2, 0.25) is 0 Å². The van der Waals surface area contributed by atoms with Crippen LogP contribution in [-0.4, -0.2) is 23.3 Å². The van der Waals surface area contributed by atoms with E-state index < -0.39 is 0 Å². The minimum Gasteiger partial charge on any atom is -0.507 e. The van der Waals surface area contributed by atoms with Gasteiger partial charge in [0.1, 0.15) is 11.8 Å². The Morgan fingerprint density at radius 2 is 1.86 bits per heavy atom. The number of hydrogen-bond donors (Lipinski definition) is 3. The van der Waals surface area contributed by atoms with Crippen molar-refractivity contribution in [1.29, 1.82) is 0 Å². The molecule has 22 heavy (non-hydrogen) atoms. The second-order valence-electron chi connectivity index (χ2n) is 4.76. The monoisotopic (exact) mass is 297 g/mol. The summed E-state index contributed by atoms with van der Waals surface area (Å²) >= 11 is 0. The molecule has 0 saturated carbocycles. The van der Waals surface area contributed by atoms with Crippen molar-refractivity contribution in [3.63, 3.8) is 0 Å². The number of rotatable bonds is 6. The molecule has 2 aromatic rings. The van der Waals surface area contributed by atoms with Crippen molar-refractivity contribution >= 4 is 17.8 Å². The fourth-order valence-corrected chi connectivity index (χ4v) is 1.93. The summed E-state index contributed by atoms with van der Waals surface area (Å²) in [5, 5.41) is 16.7. The Labute approximate surface area is 129 Å². The van der Waals surface area contributed by atoms with Crippen LogP contribution in [0, 0.1) is 0 Å². The number of para-hydroxylation sites is 2. The summed E-state index contributed by atoms with van der Waals surface area (Å²) in [6, 6.07) is 16.0. The van der Waals surface area contributed by atoms with Gasteiger partial charge in [0.25, 0.3) is 5.91 Å². The Balaban J connectivity index is 1.94. The molecule has 1 amide bonds. The summed E-state index contributed by atoms with van der Waals surface area (Å²) in [7, 11) is 0. The second kappa shape index (κ2) is 7.83. The molecular formula is C17H19N3O2. The molecule has 0 bridgehead atoms. The maximum atomic E-state index is 12.1. The van der Waals surface area contributed by atoms with E-state index >= 15 is 0 Å². The van der Waals surface area contributed by atoms with Gasteiger partial charge >= 0.3 is 0 Å². The molecule has 0 aliphatic carbocycles. The highest BCUT2D eigenvalue weighted by Crippen LogP contribution is 2.12. The summed E-state index contributed by atoms with van der Waals surface area (Å²) in [6.07, 6.45) is 2.05. The van der Waals surface area contributed by atoms with Crippen LogP contribution in [0.4, 0.5) is 5.69 Å². The SMILES string of the molecule is CC[C@@H](Nc1ccccc1)C(=O)N/N=C\c1ccccc1O. The zero-order valence-corrected chi connectivity index (χ0v) is 12.4. The molecule has 0 aromatic heterocycles. The largest absolute Gasteiger partial charge is 0.507 e. The van der Waals surface area contributed by atoms with Crippen molar-refractivity contribution in [2.45, 2.75) is 19.4 Å². The number of carbonyl (C=O) groups excluding carboxylic acids is 1. The van der Waals surface area contributed by atoms with E-state index in [4.69, 9.17) is 0 Å². The van der Waals surface area contributed by atoms with E-state index in [1.165, 1.54) is 6.21 Å². The van der Waals surface area contributed by atoms with Crippen LogP contribution < -0.4 is 10.7 Å². The number of carbonyl (C=O) groups is 1. The number of phenolic OH excluding ortho intramolecular Hbond substituents is 1. The van der Waals surface area contributed by atoms with Crippen molar-refractivity contribution in [3.8, 4) is 5.75 Å². The highest BCUT2D eigenvalue weighted by molar-refractivity contribution is 5.87. The number of anilines is 1. The van der Waals surface area contributed by atoms with E-state index in [2.05, 4.69) is 15.8 Å². The number of hydrogen-bond acceptors (Lipinski definition) is 4. The molecule has 0 spiro atoms. The molecule has 0 aliphatic heterocycles. The predicted molar refractivity (Wildman–Crippen MR) is 88.0 cm³/mol. The van der Waals surface area contributed by atoms with Gasteiger partial charge in [-0.25, -0.2) is 5.43 Å². The topological polar surface area (TPSA) is 73.7 Å². The Kier molecular flexibility index (Phi) is 5.54. The Bertz CT molecular complexity index is 641. The first-order valence-electron chi connectivity index (χ1n) is 7.13. The highest BCUT2D eigenvalue weighted by atomic mass is 16.3. The molecule has 0 radical (unpaired) electrons. The number of aromatic hydroxyl groups is 1. The fraction of sp³-hybridized carbons (Fsp3) is 0.176. The molecule has 0 fully saturated rings. The van der Waals surface area contributed by atoms with Crippen LogP contribution in [0.3, 0.4) is 0 Å². The van der Waals surface area contributed by atoms with E-state index in [1.807, 2.05) is 37.3 Å². The Morgan fingerprint density at radius 1 is 1.18 bits per heavy atom. The maximum Gasteiger partial charge on any atom is 0.262 e. The quantitative estimate of drug-likeness (QED) is 0.567. The average molecular weight is 297 g/mol. The lowest BCUT2D eigenvalue weighted by atomic mass is 10.2. The maximum absolute atomic E-state index is 12.1. The number of nitrogens with zero attached hydrogens (tertiary/aromatic N) is 1. The second-order valence-corrected chi connectivity index (χ2v) is 4.76. The lowest BCUT2D eigenvalue weighted by Gasteiger charge is -2.16. The van der Waals surface area contributed by atoms with Gasteiger partial charge in [0.05, 0.1) is 6.21 Å². The van der Waals surface area contributed by atoms with Gasteiger partial charge in [0.15, 0.2) is 0 Å². The molecular weight excluding hydrogens is 278 g/mol. The number of phenols is 1. The van der Waals surface area contributed by atoms with Crippen molar-refractivity contribution < 1.29 is 9.90 Å². The van der Waals surface area contributed by atoms with Crippen LogP contribution in [0.5, 0.6) is 5.75 Å². The minimum absolute atomic E-state index is 0.120. The molecule has 0 saturated heterocycles. The van der Waals surface area contributed by atoms with Gasteiger partial charge in [-0.1, -0.05) is 37.3 Å². The molecule has 0 aliphatic rings. The van der Waals surface area contributed by atoms with E-state index in [1.54, 1.807) is 24.3 Å². The fourth-order valence-electron chi connectivity index (χ4n) is 1.93. The summed E-state index contributed by atoms with van der Waals surface area (Å²) in [5.74, 6) is -0.104. The van der Waals surface area contributed by atoms with E-state index in [0.29, 0.717) is 12.0 Å². The number of amides is 1. The molecule has 0 heterocycles. The highest BCUT2D eigenvalue weighted by Gasteiger charge is 2.15. The first-order chi connectivity index (χ1) is 10.7. The third-order valence-corrected chi connectivity index (χ3v) is 3.15.